The third-order valence-corrected chi connectivity index (χ3v) is 4.96. The van der Waals surface area contributed by atoms with Gasteiger partial charge in [-0.15, -0.1) is 0 Å². The van der Waals surface area contributed by atoms with Crippen LogP contribution in [0.2, 0.25) is 0 Å². The Kier molecular flexibility index (Phi) is 4.88. The highest BCUT2D eigenvalue weighted by Gasteiger charge is 2.22. The maximum Gasteiger partial charge on any atom is 0.253 e. The molecule has 0 unspecified atom stereocenters. The molecule has 0 atom stereocenters. The number of hydrogen-bond acceptors (Lipinski definition) is 6. The van der Waals surface area contributed by atoms with Gasteiger partial charge >= 0.3 is 0 Å². The summed E-state index contributed by atoms with van der Waals surface area (Å²) in [5.74, 6) is 2.32. The van der Waals surface area contributed by atoms with Crippen molar-refractivity contribution in [3.05, 3.63) is 41.0 Å². The predicted molar refractivity (Wildman–Crippen MR) is 95.1 cm³/mol. The van der Waals surface area contributed by atoms with Crippen LogP contribution in [0.5, 0.6) is 5.75 Å². The van der Waals surface area contributed by atoms with Crippen molar-refractivity contribution < 1.29 is 14.1 Å². The van der Waals surface area contributed by atoms with Crippen LogP contribution < -0.4 is 4.74 Å². The van der Waals surface area contributed by atoms with Gasteiger partial charge in [0.2, 0.25) is 5.89 Å². The van der Waals surface area contributed by atoms with Gasteiger partial charge in [-0.1, -0.05) is 5.16 Å². The Balaban J connectivity index is 1.39. The normalized spacial score (nSPS) is 18.1. The SMILES string of the molecule is Cc1noc(CN2CCCN(C(=O)c3ccc4c(c3)CCCO4)CC2)n1. The maximum atomic E-state index is 12.9. The number of aromatic nitrogens is 2. The lowest BCUT2D eigenvalue weighted by molar-refractivity contribution is 0.0760. The molecule has 1 fully saturated rings. The van der Waals surface area contributed by atoms with Crippen molar-refractivity contribution >= 4 is 5.91 Å². The zero-order valence-corrected chi connectivity index (χ0v) is 15.1. The topological polar surface area (TPSA) is 71.7 Å². The van der Waals surface area contributed by atoms with Crippen LogP contribution in [-0.4, -0.2) is 58.6 Å². The molecule has 0 aliphatic carbocycles. The van der Waals surface area contributed by atoms with E-state index < -0.39 is 0 Å². The highest BCUT2D eigenvalue weighted by Crippen LogP contribution is 2.26. The Morgan fingerprint density at radius 3 is 2.96 bits per heavy atom. The fraction of sp³-hybridized carbons (Fsp3) is 0.526. The van der Waals surface area contributed by atoms with Gasteiger partial charge in [0.25, 0.3) is 5.91 Å². The zero-order chi connectivity index (χ0) is 17.9. The van der Waals surface area contributed by atoms with Gasteiger partial charge in [-0.05, 0) is 49.9 Å². The van der Waals surface area contributed by atoms with Crippen LogP contribution in [0.3, 0.4) is 0 Å². The highest BCUT2D eigenvalue weighted by atomic mass is 16.5. The number of amides is 1. The van der Waals surface area contributed by atoms with E-state index in [1.165, 1.54) is 0 Å². The van der Waals surface area contributed by atoms with E-state index in [1.54, 1.807) is 0 Å². The Labute approximate surface area is 152 Å². The molecule has 0 N–H and O–H groups in total. The first-order chi connectivity index (χ1) is 12.7. The molecule has 2 aliphatic heterocycles. The van der Waals surface area contributed by atoms with Gasteiger partial charge in [0.05, 0.1) is 13.2 Å². The molecule has 4 rings (SSSR count). The number of carbonyl (C=O) groups excluding carboxylic acids is 1. The van der Waals surface area contributed by atoms with Crippen molar-refractivity contribution in [1.82, 2.24) is 19.9 Å². The summed E-state index contributed by atoms with van der Waals surface area (Å²) in [6, 6.07) is 5.82. The van der Waals surface area contributed by atoms with E-state index in [1.807, 2.05) is 30.0 Å². The van der Waals surface area contributed by atoms with Crippen molar-refractivity contribution in [2.45, 2.75) is 32.7 Å². The molecule has 0 spiro atoms. The second kappa shape index (κ2) is 7.45. The Morgan fingerprint density at radius 1 is 1.19 bits per heavy atom. The van der Waals surface area contributed by atoms with Crippen molar-refractivity contribution in [2.24, 2.45) is 0 Å². The molecule has 7 heteroatoms. The van der Waals surface area contributed by atoms with Crippen molar-refractivity contribution in [3.8, 4) is 5.75 Å². The molecule has 2 aromatic rings. The molecule has 1 amide bonds. The first kappa shape index (κ1) is 17.0. The number of benzene rings is 1. The lowest BCUT2D eigenvalue weighted by Gasteiger charge is -2.23. The minimum Gasteiger partial charge on any atom is -0.493 e. The zero-order valence-electron chi connectivity index (χ0n) is 15.1. The van der Waals surface area contributed by atoms with E-state index in [0.717, 1.165) is 62.4 Å². The molecule has 138 valence electrons. The van der Waals surface area contributed by atoms with Gasteiger partial charge in [-0.3, -0.25) is 9.69 Å². The molecule has 1 aromatic carbocycles. The molecule has 2 aliphatic rings. The monoisotopic (exact) mass is 356 g/mol. The Bertz CT molecular complexity index is 789. The van der Waals surface area contributed by atoms with Gasteiger partial charge in [-0.2, -0.15) is 4.98 Å². The number of rotatable bonds is 3. The summed E-state index contributed by atoms with van der Waals surface area (Å²) in [5, 5.41) is 3.84. The van der Waals surface area contributed by atoms with Gasteiger partial charge in [0.1, 0.15) is 5.75 Å². The molecular weight excluding hydrogens is 332 g/mol. The smallest absolute Gasteiger partial charge is 0.253 e. The van der Waals surface area contributed by atoms with E-state index in [-0.39, 0.29) is 5.91 Å². The molecule has 7 nitrogen and oxygen atoms in total. The lowest BCUT2D eigenvalue weighted by atomic mass is 10.0. The summed E-state index contributed by atoms with van der Waals surface area (Å²) in [7, 11) is 0. The molecule has 0 bridgehead atoms. The third kappa shape index (κ3) is 3.72. The molecule has 1 aromatic heterocycles. The van der Waals surface area contributed by atoms with Crippen molar-refractivity contribution in [3.63, 3.8) is 0 Å². The summed E-state index contributed by atoms with van der Waals surface area (Å²) >= 11 is 0. The quantitative estimate of drug-likeness (QED) is 0.838. The summed E-state index contributed by atoms with van der Waals surface area (Å²) in [5.41, 5.74) is 1.90. The lowest BCUT2D eigenvalue weighted by Crippen LogP contribution is -2.35. The fourth-order valence-electron chi connectivity index (χ4n) is 3.60. The molecule has 3 heterocycles. The second-order valence-electron chi connectivity index (χ2n) is 6.93. The van der Waals surface area contributed by atoms with Crippen LogP contribution >= 0.6 is 0 Å². The van der Waals surface area contributed by atoms with Crippen LogP contribution in [0.4, 0.5) is 0 Å². The third-order valence-electron chi connectivity index (χ3n) is 4.96. The van der Waals surface area contributed by atoms with E-state index in [4.69, 9.17) is 9.26 Å². The fourth-order valence-corrected chi connectivity index (χ4v) is 3.60. The number of aryl methyl sites for hydroxylation is 2. The Hall–Kier alpha value is -2.41. The average Bonchev–Trinajstić information content (AvgIpc) is 2.93. The first-order valence-corrected chi connectivity index (χ1v) is 9.25. The standard InChI is InChI=1S/C19H24N4O3/c1-14-20-18(26-21-14)13-22-7-3-8-23(10-9-22)19(24)16-5-6-17-15(12-16)4-2-11-25-17/h5-6,12H,2-4,7-11,13H2,1H3. The largest absolute Gasteiger partial charge is 0.493 e. The van der Waals surface area contributed by atoms with Gasteiger partial charge in [-0.25, -0.2) is 0 Å². The molecule has 0 saturated carbocycles. The average molecular weight is 356 g/mol. The van der Waals surface area contributed by atoms with Crippen LogP contribution in [-0.2, 0) is 13.0 Å². The van der Waals surface area contributed by atoms with Gasteiger partial charge in [0, 0.05) is 31.7 Å². The number of nitrogens with zero attached hydrogens (tertiary/aromatic N) is 4. The Morgan fingerprint density at radius 2 is 2.12 bits per heavy atom. The van der Waals surface area contributed by atoms with Gasteiger partial charge in [0.15, 0.2) is 5.82 Å². The maximum absolute atomic E-state index is 12.9. The minimum atomic E-state index is 0.105. The summed E-state index contributed by atoms with van der Waals surface area (Å²) in [6.07, 6.45) is 2.93. The van der Waals surface area contributed by atoms with Gasteiger partial charge < -0.3 is 14.2 Å². The number of fused-ring (bicyclic) bond motifs is 1. The van der Waals surface area contributed by atoms with Crippen molar-refractivity contribution in [1.29, 1.82) is 0 Å². The minimum absolute atomic E-state index is 0.105. The predicted octanol–water partition coefficient (Wildman–Crippen LogP) is 2.05. The molecular formula is C19H24N4O3. The van der Waals surface area contributed by atoms with E-state index in [2.05, 4.69) is 15.0 Å². The number of hydrogen-bond donors (Lipinski definition) is 0. The second-order valence-corrected chi connectivity index (χ2v) is 6.93. The number of carbonyl (C=O) groups is 1. The van der Waals surface area contributed by atoms with Crippen LogP contribution in [0.15, 0.2) is 22.7 Å². The van der Waals surface area contributed by atoms with Crippen LogP contribution in [0.1, 0.15) is 40.5 Å². The number of ether oxygens (including phenoxy) is 1. The van der Waals surface area contributed by atoms with Crippen LogP contribution in [0, 0.1) is 6.92 Å². The van der Waals surface area contributed by atoms with E-state index >= 15 is 0 Å². The van der Waals surface area contributed by atoms with E-state index in [9.17, 15) is 4.79 Å². The molecule has 26 heavy (non-hydrogen) atoms. The van der Waals surface area contributed by atoms with E-state index in [0.29, 0.717) is 24.8 Å². The highest BCUT2D eigenvalue weighted by molar-refractivity contribution is 5.94. The molecule has 0 radical (unpaired) electrons. The summed E-state index contributed by atoms with van der Waals surface area (Å²) in [4.78, 5) is 21.4. The summed E-state index contributed by atoms with van der Waals surface area (Å²) < 4.78 is 10.9. The van der Waals surface area contributed by atoms with Crippen molar-refractivity contribution in [2.75, 3.05) is 32.8 Å². The molecule has 1 saturated heterocycles. The first-order valence-electron chi connectivity index (χ1n) is 9.25. The van der Waals surface area contributed by atoms with Crippen LogP contribution in [0.25, 0.3) is 0 Å². The summed E-state index contributed by atoms with van der Waals surface area (Å²) in [6.45, 7) is 6.43.